The second-order valence-corrected chi connectivity index (χ2v) is 7.12. The van der Waals surface area contributed by atoms with E-state index in [4.69, 9.17) is 21.1 Å². The molecule has 7 heteroatoms. The Morgan fingerprint density at radius 3 is 2.29 bits per heavy atom. The third-order valence-corrected chi connectivity index (χ3v) is 5.19. The molecule has 0 bridgehead atoms. The third-order valence-electron chi connectivity index (χ3n) is 5.03. The number of rotatable bonds is 5. The van der Waals surface area contributed by atoms with E-state index < -0.39 is 0 Å². The summed E-state index contributed by atoms with van der Waals surface area (Å²) in [5, 5.41) is 4.34. The number of nitrogens with one attached hydrogen (secondary N) is 1. The number of piperidine rings is 1. The number of nitrogens with zero attached hydrogens (tertiary/aromatic N) is 3. The first-order valence-corrected chi connectivity index (χ1v) is 9.77. The van der Waals surface area contributed by atoms with Gasteiger partial charge in [-0.2, -0.15) is 4.98 Å². The summed E-state index contributed by atoms with van der Waals surface area (Å²) < 4.78 is 10.8. The van der Waals surface area contributed by atoms with Crippen molar-refractivity contribution in [2.45, 2.75) is 19.3 Å². The second-order valence-electron chi connectivity index (χ2n) is 6.79. The molecule has 0 unspecified atom stereocenters. The lowest BCUT2D eigenvalue weighted by Gasteiger charge is -2.28. The second kappa shape index (κ2) is 8.10. The molecule has 0 saturated carbocycles. The number of fused-ring (bicyclic) bond motifs is 1. The molecule has 2 heterocycles. The predicted molar refractivity (Wildman–Crippen MR) is 113 cm³/mol. The van der Waals surface area contributed by atoms with E-state index in [2.05, 4.69) is 44.5 Å². The largest absolute Gasteiger partial charge is 0.493 e. The maximum Gasteiger partial charge on any atom is 0.224 e. The molecule has 4 rings (SSSR count). The number of benzene rings is 2. The van der Waals surface area contributed by atoms with Crippen molar-refractivity contribution < 1.29 is 9.47 Å². The van der Waals surface area contributed by atoms with Gasteiger partial charge in [0.15, 0.2) is 11.5 Å². The zero-order chi connectivity index (χ0) is 19.5. The van der Waals surface area contributed by atoms with Gasteiger partial charge < -0.3 is 19.7 Å². The average molecular weight is 399 g/mol. The van der Waals surface area contributed by atoms with Gasteiger partial charge >= 0.3 is 0 Å². The van der Waals surface area contributed by atoms with Crippen LogP contribution < -0.4 is 19.7 Å². The van der Waals surface area contributed by atoms with Gasteiger partial charge in [-0.15, -0.1) is 0 Å². The van der Waals surface area contributed by atoms with Crippen molar-refractivity contribution in [2.75, 3.05) is 37.5 Å². The maximum atomic E-state index is 6.15. The number of hydrogen-bond donors (Lipinski definition) is 1. The van der Waals surface area contributed by atoms with Crippen molar-refractivity contribution in [3.8, 4) is 11.5 Å². The normalized spacial score (nSPS) is 14.2. The van der Waals surface area contributed by atoms with Crippen LogP contribution in [0.2, 0.25) is 5.28 Å². The first-order valence-electron chi connectivity index (χ1n) is 9.39. The van der Waals surface area contributed by atoms with Crippen LogP contribution in [0.15, 0.2) is 36.4 Å². The number of aromatic nitrogens is 2. The minimum atomic E-state index is 0.173. The van der Waals surface area contributed by atoms with Crippen molar-refractivity contribution in [2.24, 2.45) is 0 Å². The average Bonchev–Trinajstić information content (AvgIpc) is 2.74. The van der Waals surface area contributed by atoms with Crippen LogP contribution in [0.25, 0.3) is 10.9 Å². The smallest absolute Gasteiger partial charge is 0.224 e. The minimum Gasteiger partial charge on any atom is -0.493 e. The molecule has 0 atom stereocenters. The number of halogens is 1. The SMILES string of the molecule is COc1cc2nc(Cl)nc(Nc3ccc(N4CCCCC4)cc3)c2cc1OC. The molecule has 3 aromatic rings. The van der Waals surface area contributed by atoms with Crippen LogP contribution in [0, 0.1) is 0 Å². The molecule has 1 aliphatic heterocycles. The maximum absolute atomic E-state index is 6.15. The van der Waals surface area contributed by atoms with Gasteiger partial charge in [-0.3, -0.25) is 0 Å². The Kier molecular flexibility index (Phi) is 5.39. The van der Waals surface area contributed by atoms with E-state index in [9.17, 15) is 0 Å². The summed E-state index contributed by atoms with van der Waals surface area (Å²) in [6.07, 6.45) is 3.85. The molecular formula is C21H23ClN4O2. The van der Waals surface area contributed by atoms with Crippen LogP contribution in [0.5, 0.6) is 11.5 Å². The lowest BCUT2D eigenvalue weighted by molar-refractivity contribution is 0.356. The summed E-state index contributed by atoms with van der Waals surface area (Å²) in [6.45, 7) is 2.25. The molecule has 1 aliphatic rings. The van der Waals surface area contributed by atoms with Gasteiger partial charge in [0.05, 0.1) is 19.7 Å². The lowest BCUT2D eigenvalue weighted by atomic mass is 10.1. The van der Waals surface area contributed by atoms with Gasteiger partial charge in [-0.25, -0.2) is 4.98 Å². The molecule has 1 aromatic heterocycles. The number of methoxy groups -OCH3 is 2. The van der Waals surface area contributed by atoms with Crippen molar-refractivity contribution in [3.05, 3.63) is 41.7 Å². The van der Waals surface area contributed by atoms with Crippen molar-refractivity contribution >= 4 is 39.7 Å². The highest BCUT2D eigenvalue weighted by molar-refractivity contribution is 6.28. The van der Waals surface area contributed by atoms with E-state index in [0.717, 1.165) is 24.2 Å². The quantitative estimate of drug-likeness (QED) is 0.608. The van der Waals surface area contributed by atoms with E-state index >= 15 is 0 Å². The Bertz CT molecular complexity index is 972. The zero-order valence-electron chi connectivity index (χ0n) is 16.0. The molecule has 1 saturated heterocycles. The molecule has 6 nitrogen and oxygen atoms in total. The first-order chi connectivity index (χ1) is 13.7. The van der Waals surface area contributed by atoms with E-state index in [1.807, 2.05) is 6.07 Å². The Labute approximate surface area is 169 Å². The van der Waals surface area contributed by atoms with E-state index in [1.54, 1.807) is 20.3 Å². The lowest BCUT2D eigenvalue weighted by Crippen LogP contribution is -2.29. The topological polar surface area (TPSA) is 59.5 Å². The van der Waals surface area contributed by atoms with Gasteiger partial charge in [-0.1, -0.05) is 0 Å². The van der Waals surface area contributed by atoms with Gasteiger partial charge in [-0.05, 0) is 61.2 Å². The highest BCUT2D eigenvalue weighted by Crippen LogP contribution is 2.35. The highest BCUT2D eigenvalue weighted by atomic mass is 35.5. The first kappa shape index (κ1) is 18.6. The van der Waals surface area contributed by atoms with E-state index in [-0.39, 0.29) is 5.28 Å². The van der Waals surface area contributed by atoms with Gasteiger partial charge in [0, 0.05) is 35.9 Å². The van der Waals surface area contributed by atoms with Crippen molar-refractivity contribution in [1.29, 1.82) is 0 Å². The fraction of sp³-hybridized carbons (Fsp3) is 0.333. The molecule has 146 valence electrons. The standard InChI is InChI=1S/C21H23ClN4O2/c1-27-18-12-16-17(13-19(18)28-2)24-21(22)25-20(16)23-14-6-8-15(9-7-14)26-10-4-3-5-11-26/h6-9,12-13H,3-5,10-11H2,1-2H3,(H,23,24,25). The van der Waals surface area contributed by atoms with Crippen molar-refractivity contribution in [1.82, 2.24) is 9.97 Å². The molecule has 28 heavy (non-hydrogen) atoms. The molecule has 0 radical (unpaired) electrons. The highest BCUT2D eigenvalue weighted by Gasteiger charge is 2.14. The number of ether oxygens (including phenoxy) is 2. The van der Waals surface area contributed by atoms with Crippen LogP contribution in [-0.2, 0) is 0 Å². The van der Waals surface area contributed by atoms with Crippen LogP contribution >= 0.6 is 11.6 Å². The van der Waals surface area contributed by atoms with Gasteiger partial charge in [0.2, 0.25) is 5.28 Å². The molecule has 1 N–H and O–H groups in total. The van der Waals surface area contributed by atoms with Crippen LogP contribution in [-0.4, -0.2) is 37.3 Å². The monoisotopic (exact) mass is 398 g/mol. The minimum absolute atomic E-state index is 0.173. The Morgan fingerprint density at radius 1 is 0.929 bits per heavy atom. The summed E-state index contributed by atoms with van der Waals surface area (Å²) >= 11 is 6.15. The summed E-state index contributed by atoms with van der Waals surface area (Å²) in [7, 11) is 3.20. The van der Waals surface area contributed by atoms with Gasteiger partial charge in [0.25, 0.3) is 0 Å². The third kappa shape index (κ3) is 3.78. The molecule has 2 aromatic carbocycles. The Hall–Kier alpha value is -2.73. The fourth-order valence-corrected chi connectivity index (χ4v) is 3.74. The predicted octanol–water partition coefficient (Wildman–Crippen LogP) is 5.03. The molecular weight excluding hydrogens is 376 g/mol. The molecule has 0 spiro atoms. The van der Waals surface area contributed by atoms with Crippen LogP contribution in [0.1, 0.15) is 19.3 Å². The summed E-state index contributed by atoms with van der Waals surface area (Å²) in [5.74, 6) is 1.84. The van der Waals surface area contributed by atoms with E-state index in [1.165, 1.54) is 24.9 Å². The molecule has 0 aliphatic carbocycles. The van der Waals surface area contributed by atoms with Crippen LogP contribution in [0.3, 0.4) is 0 Å². The summed E-state index contributed by atoms with van der Waals surface area (Å²) in [4.78, 5) is 11.1. The van der Waals surface area contributed by atoms with Crippen molar-refractivity contribution in [3.63, 3.8) is 0 Å². The Balaban J connectivity index is 1.65. The van der Waals surface area contributed by atoms with Gasteiger partial charge in [0.1, 0.15) is 5.82 Å². The van der Waals surface area contributed by atoms with Crippen LogP contribution in [0.4, 0.5) is 17.2 Å². The Morgan fingerprint density at radius 2 is 1.61 bits per heavy atom. The van der Waals surface area contributed by atoms with E-state index in [0.29, 0.717) is 22.8 Å². The summed E-state index contributed by atoms with van der Waals surface area (Å²) in [5.41, 5.74) is 2.87. The summed E-state index contributed by atoms with van der Waals surface area (Å²) in [6, 6.07) is 12.1. The zero-order valence-corrected chi connectivity index (χ0v) is 16.8. The number of anilines is 3. The number of hydrogen-bond acceptors (Lipinski definition) is 6. The molecule has 1 fully saturated rings. The fourth-order valence-electron chi connectivity index (χ4n) is 3.57. The molecule has 0 amide bonds.